The third kappa shape index (κ3) is 4.20. The summed E-state index contributed by atoms with van der Waals surface area (Å²) >= 11 is 0. The van der Waals surface area contributed by atoms with E-state index in [-0.39, 0.29) is 43.5 Å². The van der Waals surface area contributed by atoms with Crippen molar-refractivity contribution in [2.75, 3.05) is 25.1 Å². The molecule has 1 saturated heterocycles. The molecule has 4 rings (SSSR count). The van der Waals surface area contributed by atoms with Crippen LogP contribution in [0.2, 0.25) is 0 Å². The molecule has 33 heavy (non-hydrogen) atoms. The van der Waals surface area contributed by atoms with E-state index < -0.39 is 23.5 Å². The standard InChI is InChI=1S/C24H27F3N2O4/c1-13(2)18-8-14-9-20(28-6-4-15(5-7-28)24(25,26)27)22(33-3)10-16(14)19-11-21(30)17(23(31)32)12-29(18)19/h9-13,15,18H,4-8H2,1-3H3,(H,31,32). The van der Waals surface area contributed by atoms with Crippen LogP contribution in [0.4, 0.5) is 18.9 Å². The van der Waals surface area contributed by atoms with Gasteiger partial charge in [-0.1, -0.05) is 13.8 Å². The number of benzene rings is 1. The van der Waals surface area contributed by atoms with Gasteiger partial charge in [-0.05, 0) is 42.9 Å². The Morgan fingerprint density at radius 2 is 1.85 bits per heavy atom. The first-order valence-corrected chi connectivity index (χ1v) is 11.0. The second-order valence-electron chi connectivity index (χ2n) is 9.15. The summed E-state index contributed by atoms with van der Waals surface area (Å²) in [4.78, 5) is 25.9. The number of aromatic carboxylic acids is 1. The lowest BCUT2D eigenvalue weighted by molar-refractivity contribution is -0.179. The highest BCUT2D eigenvalue weighted by molar-refractivity contribution is 5.88. The van der Waals surface area contributed by atoms with Gasteiger partial charge in [0.1, 0.15) is 11.3 Å². The maximum Gasteiger partial charge on any atom is 0.391 e. The van der Waals surface area contributed by atoms with E-state index in [1.165, 1.54) is 19.4 Å². The second kappa shape index (κ2) is 8.43. The summed E-state index contributed by atoms with van der Waals surface area (Å²) in [6.07, 6.45) is -2.08. The largest absolute Gasteiger partial charge is 0.495 e. The molecule has 6 nitrogen and oxygen atoms in total. The fraction of sp³-hybridized carbons (Fsp3) is 0.500. The molecule has 1 unspecified atom stereocenters. The number of alkyl halides is 3. The summed E-state index contributed by atoms with van der Waals surface area (Å²) in [5.41, 5.74) is 2.25. The summed E-state index contributed by atoms with van der Waals surface area (Å²) in [5.74, 6) is -1.87. The Balaban J connectivity index is 1.78. The fourth-order valence-corrected chi connectivity index (χ4v) is 4.96. The van der Waals surface area contributed by atoms with E-state index in [2.05, 4.69) is 0 Å². The minimum absolute atomic E-state index is 0.0363. The monoisotopic (exact) mass is 464 g/mol. The van der Waals surface area contributed by atoms with E-state index in [1.54, 1.807) is 0 Å². The predicted molar refractivity (Wildman–Crippen MR) is 118 cm³/mol. The quantitative estimate of drug-likeness (QED) is 0.707. The lowest BCUT2D eigenvalue weighted by Gasteiger charge is -2.37. The van der Waals surface area contributed by atoms with Gasteiger partial charge in [-0.2, -0.15) is 13.2 Å². The van der Waals surface area contributed by atoms with Crippen LogP contribution in [0.3, 0.4) is 0 Å². The molecule has 1 fully saturated rings. The molecule has 3 heterocycles. The highest BCUT2D eigenvalue weighted by atomic mass is 19.4. The minimum atomic E-state index is -4.18. The van der Waals surface area contributed by atoms with E-state index in [9.17, 15) is 27.9 Å². The van der Waals surface area contributed by atoms with E-state index >= 15 is 0 Å². The number of pyridine rings is 1. The van der Waals surface area contributed by atoms with Gasteiger partial charge in [-0.25, -0.2) is 4.79 Å². The number of carbonyl (C=O) groups is 1. The molecule has 178 valence electrons. The van der Waals surface area contributed by atoms with Crippen LogP contribution in [0.5, 0.6) is 5.75 Å². The van der Waals surface area contributed by atoms with E-state index in [4.69, 9.17) is 4.74 Å². The number of hydrogen-bond donors (Lipinski definition) is 1. The number of hydrogen-bond acceptors (Lipinski definition) is 4. The Morgan fingerprint density at radius 1 is 1.18 bits per heavy atom. The first kappa shape index (κ1) is 23.2. The van der Waals surface area contributed by atoms with Gasteiger partial charge in [0.15, 0.2) is 5.43 Å². The summed E-state index contributed by atoms with van der Waals surface area (Å²) in [6, 6.07) is 5.05. The van der Waals surface area contributed by atoms with Crippen LogP contribution in [-0.2, 0) is 6.42 Å². The molecular formula is C24H27F3N2O4. The number of aromatic nitrogens is 1. The summed E-state index contributed by atoms with van der Waals surface area (Å²) < 4.78 is 46.8. The average Bonchev–Trinajstić information content (AvgIpc) is 2.76. The lowest BCUT2D eigenvalue weighted by Crippen LogP contribution is -2.39. The Hall–Kier alpha value is -2.97. The maximum absolute atomic E-state index is 13.1. The zero-order valence-corrected chi connectivity index (χ0v) is 18.8. The van der Waals surface area contributed by atoms with Crippen LogP contribution in [0.1, 0.15) is 48.7 Å². The van der Waals surface area contributed by atoms with Crippen LogP contribution in [-0.4, -0.2) is 42.0 Å². The number of ether oxygens (including phenoxy) is 1. The molecular weight excluding hydrogens is 437 g/mol. The zero-order valence-electron chi connectivity index (χ0n) is 18.8. The van der Waals surface area contributed by atoms with Crippen LogP contribution in [0, 0.1) is 11.8 Å². The van der Waals surface area contributed by atoms with Gasteiger partial charge >= 0.3 is 12.1 Å². The van der Waals surface area contributed by atoms with Gasteiger partial charge in [0.05, 0.1) is 24.4 Å². The Morgan fingerprint density at radius 3 is 2.39 bits per heavy atom. The Bertz CT molecular complexity index is 1130. The molecule has 0 bridgehead atoms. The molecule has 0 spiro atoms. The van der Waals surface area contributed by atoms with E-state index in [1.807, 2.05) is 35.4 Å². The summed E-state index contributed by atoms with van der Waals surface area (Å²) in [7, 11) is 1.51. The molecule has 1 N–H and O–H groups in total. The van der Waals surface area contributed by atoms with Crippen molar-refractivity contribution in [3.8, 4) is 17.0 Å². The average molecular weight is 464 g/mol. The Labute approximate surface area is 189 Å². The second-order valence-corrected chi connectivity index (χ2v) is 9.15. The number of methoxy groups -OCH3 is 1. The summed E-state index contributed by atoms with van der Waals surface area (Å²) in [5, 5.41) is 9.41. The van der Waals surface area contributed by atoms with Crippen molar-refractivity contribution in [3.05, 3.63) is 45.7 Å². The number of anilines is 1. The van der Waals surface area contributed by atoms with E-state index in [0.717, 1.165) is 16.8 Å². The van der Waals surface area contributed by atoms with Crippen molar-refractivity contribution < 1.29 is 27.8 Å². The lowest BCUT2D eigenvalue weighted by atomic mass is 9.86. The van der Waals surface area contributed by atoms with Gasteiger partial charge in [-0.15, -0.1) is 0 Å². The number of carboxylic acid groups (broad SMARTS) is 1. The first-order valence-electron chi connectivity index (χ1n) is 11.0. The molecule has 1 aromatic heterocycles. The number of piperidine rings is 1. The van der Waals surface area contributed by atoms with Gasteiger partial charge in [0.2, 0.25) is 0 Å². The number of fused-ring (bicyclic) bond motifs is 3. The van der Waals surface area contributed by atoms with Crippen LogP contribution in [0.15, 0.2) is 29.2 Å². The van der Waals surface area contributed by atoms with Crippen molar-refractivity contribution in [1.82, 2.24) is 4.57 Å². The molecule has 0 radical (unpaired) electrons. The molecule has 0 amide bonds. The van der Waals surface area contributed by atoms with Crippen molar-refractivity contribution in [2.45, 2.75) is 45.3 Å². The third-order valence-corrected chi connectivity index (χ3v) is 6.85. The Kier molecular flexibility index (Phi) is 5.92. The SMILES string of the molecule is COc1cc2c(cc1N1CCC(C(F)(F)F)CC1)CC(C(C)C)n1cc(C(=O)O)c(=O)cc1-2. The normalized spacial score (nSPS) is 18.8. The highest BCUT2D eigenvalue weighted by Crippen LogP contribution is 2.44. The molecule has 2 aliphatic rings. The third-order valence-electron chi connectivity index (χ3n) is 6.85. The zero-order chi connectivity index (χ0) is 24.1. The number of rotatable bonds is 4. The molecule has 1 aromatic carbocycles. The van der Waals surface area contributed by atoms with Gasteiger partial charge in [-0.3, -0.25) is 4.79 Å². The molecule has 1 atom stereocenters. The first-order chi connectivity index (χ1) is 15.5. The highest BCUT2D eigenvalue weighted by Gasteiger charge is 2.41. The van der Waals surface area contributed by atoms with Crippen molar-refractivity contribution in [3.63, 3.8) is 0 Å². The maximum atomic E-state index is 13.1. The molecule has 0 aliphatic carbocycles. The number of carboxylic acids is 1. The predicted octanol–water partition coefficient (Wildman–Crippen LogP) is 4.75. The molecule has 2 aromatic rings. The molecule has 0 saturated carbocycles. The molecule has 9 heteroatoms. The van der Waals surface area contributed by atoms with Crippen molar-refractivity contribution in [1.29, 1.82) is 0 Å². The van der Waals surface area contributed by atoms with Gasteiger partial charge < -0.3 is 19.3 Å². The topological polar surface area (TPSA) is 71.8 Å². The number of nitrogens with zero attached hydrogens (tertiary/aromatic N) is 2. The number of halogens is 3. The van der Waals surface area contributed by atoms with Crippen molar-refractivity contribution >= 4 is 11.7 Å². The van der Waals surface area contributed by atoms with E-state index in [0.29, 0.717) is 17.9 Å². The summed E-state index contributed by atoms with van der Waals surface area (Å²) in [6.45, 7) is 4.63. The van der Waals surface area contributed by atoms with Gasteiger partial charge in [0, 0.05) is 37.0 Å². The van der Waals surface area contributed by atoms with Gasteiger partial charge in [0.25, 0.3) is 0 Å². The smallest absolute Gasteiger partial charge is 0.391 e. The fourth-order valence-electron chi connectivity index (χ4n) is 4.96. The van der Waals surface area contributed by atoms with Crippen LogP contribution in [0.25, 0.3) is 11.3 Å². The minimum Gasteiger partial charge on any atom is -0.495 e. The van der Waals surface area contributed by atoms with Crippen LogP contribution < -0.4 is 15.1 Å². The van der Waals surface area contributed by atoms with Crippen molar-refractivity contribution in [2.24, 2.45) is 11.8 Å². The van der Waals surface area contributed by atoms with Crippen LogP contribution >= 0.6 is 0 Å². The molecule has 2 aliphatic heterocycles.